The third kappa shape index (κ3) is 3.57. The van der Waals surface area contributed by atoms with Gasteiger partial charge in [0.25, 0.3) is 5.69 Å². The van der Waals surface area contributed by atoms with Crippen molar-refractivity contribution >= 4 is 23.2 Å². The Morgan fingerprint density at radius 1 is 1.25 bits per heavy atom. The molecule has 0 saturated carbocycles. The summed E-state index contributed by atoms with van der Waals surface area (Å²) < 4.78 is 0. The van der Waals surface area contributed by atoms with E-state index in [0.29, 0.717) is 17.9 Å². The lowest BCUT2D eigenvalue weighted by atomic mass is 9.94. The number of carbonyl (C=O) groups excluding carboxylic acids is 1. The first-order valence-corrected chi connectivity index (χ1v) is 8.20. The lowest BCUT2D eigenvalue weighted by Gasteiger charge is -2.41. The largest absolute Gasteiger partial charge is 0.335 e. The zero-order valence-corrected chi connectivity index (χ0v) is 13.8. The van der Waals surface area contributed by atoms with Crippen LogP contribution in [0, 0.1) is 10.1 Å². The van der Waals surface area contributed by atoms with E-state index in [1.54, 1.807) is 6.07 Å². The summed E-state index contributed by atoms with van der Waals surface area (Å²) in [6, 6.07) is 14.1. The lowest BCUT2D eigenvalue weighted by Crippen LogP contribution is -2.45. The van der Waals surface area contributed by atoms with Crippen molar-refractivity contribution in [3.8, 4) is 0 Å². The maximum absolute atomic E-state index is 12.4. The second kappa shape index (κ2) is 7.01. The zero-order valence-electron chi connectivity index (χ0n) is 13.0. The van der Waals surface area contributed by atoms with Crippen LogP contribution in [-0.2, 0) is 11.2 Å². The van der Waals surface area contributed by atoms with Gasteiger partial charge in [-0.3, -0.25) is 14.9 Å². The van der Waals surface area contributed by atoms with Gasteiger partial charge in [0.2, 0.25) is 5.91 Å². The van der Waals surface area contributed by atoms with Gasteiger partial charge in [-0.2, -0.15) is 0 Å². The van der Waals surface area contributed by atoms with E-state index < -0.39 is 4.92 Å². The molecule has 1 heterocycles. The van der Waals surface area contributed by atoms with Gasteiger partial charge >= 0.3 is 0 Å². The molecule has 3 rings (SSSR count). The van der Waals surface area contributed by atoms with E-state index in [2.05, 4.69) is 0 Å². The van der Waals surface area contributed by atoms with E-state index in [9.17, 15) is 14.9 Å². The van der Waals surface area contributed by atoms with E-state index in [-0.39, 0.29) is 17.6 Å². The molecular weight excluding hydrogens is 328 g/mol. The van der Waals surface area contributed by atoms with Gasteiger partial charge in [0.1, 0.15) is 0 Å². The first-order valence-electron chi connectivity index (χ1n) is 7.83. The predicted octanol–water partition coefficient (Wildman–Crippen LogP) is 4.15. The number of amides is 1. The van der Waals surface area contributed by atoms with E-state index >= 15 is 0 Å². The van der Waals surface area contributed by atoms with Crippen LogP contribution in [0.4, 0.5) is 5.69 Å². The van der Waals surface area contributed by atoms with Crippen LogP contribution in [0.3, 0.4) is 0 Å². The molecule has 1 fully saturated rings. The van der Waals surface area contributed by atoms with Crippen molar-refractivity contribution in [3.05, 3.63) is 74.8 Å². The molecule has 124 valence electrons. The third-order valence-electron chi connectivity index (χ3n) is 4.34. The average molecular weight is 345 g/mol. The SMILES string of the molecule is O=C(CCc1cccc([N+](=O)[O-])c1)N1CC[C@H]1c1ccc(Cl)cc1. The van der Waals surface area contributed by atoms with Crippen molar-refractivity contribution in [2.45, 2.75) is 25.3 Å². The van der Waals surface area contributed by atoms with E-state index in [4.69, 9.17) is 11.6 Å². The minimum absolute atomic E-state index is 0.0583. The summed E-state index contributed by atoms with van der Waals surface area (Å²) in [5.74, 6) is 0.0766. The van der Waals surface area contributed by atoms with Crippen LogP contribution in [0.25, 0.3) is 0 Å². The summed E-state index contributed by atoms with van der Waals surface area (Å²) >= 11 is 5.90. The standard InChI is InChI=1S/C18H17ClN2O3/c19-15-7-5-14(6-8-15)17-10-11-20(17)18(22)9-4-13-2-1-3-16(12-13)21(23)24/h1-3,5-8,12,17H,4,9-11H2/t17-/m0/s1. The second-order valence-electron chi connectivity index (χ2n) is 5.87. The smallest absolute Gasteiger partial charge is 0.269 e. The van der Waals surface area contributed by atoms with Crippen LogP contribution in [0.15, 0.2) is 48.5 Å². The number of nitrogens with zero attached hydrogens (tertiary/aromatic N) is 2. The Labute approximate surface area is 145 Å². The molecular formula is C18H17ClN2O3. The molecule has 1 aliphatic heterocycles. The Morgan fingerprint density at radius 2 is 2.00 bits per heavy atom. The monoisotopic (exact) mass is 344 g/mol. The molecule has 2 aromatic rings. The zero-order chi connectivity index (χ0) is 17.1. The van der Waals surface area contributed by atoms with Crippen molar-refractivity contribution in [3.63, 3.8) is 0 Å². The molecule has 0 bridgehead atoms. The molecule has 0 aromatic heterocycles. The second-order valence-corrected chi connectivity index (χ2v) is 6.31. The third-order valence-corrected chi connectivity index (χ3v) is 4.60. The van der Waals surface area contributed by atoms with E-state index in [1.807, 2.05) is 35.2 Å². The Bertz CT molecular complexity index is 761. The fraction of sp³-hybridized carbons (Fsp3) is 0.278. The lowest BCUT2D eigenvalue weighted by molar-refractivity contribution is -0.384. The molecule has 24 heavy (non-hydrogen) atoms. The van der Waals surface area contributed by atoms with Crippen molar-refractivity contribution in [2.75, 3.05) is 6.54 Å². The summed E-state index contributed by atoms with van der Waals surface area (Å²) in [5.41, 5.74) is 1.96. The van der Waals surface area contributed by atoms with Crippen LogP contribution >= 0.6 is 11.6 Å². The summed E-state index contributed by atoms with van der Waals surface area (Å²) in [5, 5.41) is 11.5. The van der Waals surface area contributed by atoms with Gasteiger partial charge in [-0.25, -0.2) is 0 Å². The van der Waals surface area contributed by atoms with Crippen molar-refractivity contribution in [1.82, 2.24) is 4.90 Å². The quantitative estimate of drug-likeness (QED) is 0.604. The number of carbonyl (C=O) groups is 1. The highest BCUT2D eigenvalue weighted by Gasteiger charge is 2.32. The highest BCUT2D eigenvalue weighted by molar-refractivity contribution is 6.30. The van der Waals surface area contributed by atoms with Crippen molar-refractivity contribution in [1.29, 1.82) is 0 Å². The number of likely N-dealkylation sites (tertiary alicyclic amines) is 1. The predicted molar refractivity (Wildman–Crippen MR) is 91.9 cm³/mol. The maximum atomic E-state index is 12.4. The highest BCUT2D eigenvalue weighted by atomic mass is 35.5. The van der Waals surface area contributed by atoms with Gasteiger partial charge in [-0.15, -0.1) is 0 Å². The Morgan fingerprint density at radius 3 is 2.62 bits per heavy atom. The number of non-ortho nitro benzene ring substituents is 1. The number of nitro benzene ring substituents is 1. The molecule has 1 atom stereocenters. The van der Waals surface area contributed by atoms with Gasteiger partial charge < -0.3 is 4.90 Å². The molecule has 0 unspecified atom stereocenters. The van der Waals surface area contributed by atoms with Crippen LogP contribution in [-0.4, -0.2) is 22.3 Å². The summed E-state index contributed by atoms with van der Waals surface area (Å²) in [6.45, 7) is 0.751. The Hall–Kier alpha value is -2.40. The maximum Gasteiger partial charge on any atom is 0.269 e. The van der Waals surface area contributed by atoms with Gasteiger partial charge in [0, 0.05) is 30.1 Å². The minimum Gasteiger partial charge on any atom is -0.335 e. The summed E-state index contributed by atoms with van der Waals surface area (Å²) in [4.78, 5) is 24.7. The van der Waals surface area contributed by atoms with Gasteiger partial charge in [-0.1, -0.05) is 35.9 Å². The van der Waals surface area contributed by atoms with Gasteiger partial charge in [-0.05, 0) is 36.1 Å². The number of hydrogen-bond donors (Lipinski definition) is 0. The molecule has 1 aliphatic rings. The van der Waals surface area contributed by atoms with Crippen LogP contribution in [0.1, 0.15) is 30.0 Å². The number of aryl methyl sites for hydroxylation is 1. The van der Waals surface area contributed by atoms with Crippen molar-refractivity contribution in [2.24, 2.45) is 0 Å². The molecule has 0 spiro atoms. The molecule has 1 amide bonds. The van der Waals surface area contributed by atoms with Gasteiger partial charge in [0.15, 0.2) is 0 Å². The molecule has 2 aromatic carbocycles. The highest BCUT2D eigenvalue weighted by Crippen LogP contribution is 2.34. The number of hydrogen-bond acceptors (Lipinski definition) is 3. The fourth-order valence-corrected chi connectivity index (χ4v) is 3.06. The summed E-state index contributed by atoms with van der Waals surface area (Å²) in [7, 11) is 0. The average Bonchev–Trinajstić information content (AvgIpc) is 2.54. The van der Waals surface area contributed by atoms with Crippen molar-refractivity contribution < 1.29 is 9.72 Å². The van der Waals surface area contributed by atoms with E-state index in [0.717, 1.165) is 24.1 Å². The molecule has 0 aliphatic carbocycles. The molecule has 0 radical (unpaired) electrons. The molecule has 0 N–H and O–H groups in total. The van der Waals surface area contributed by atoms with Crippen LogP contribution in [0.5, 0.6) is 0 Å². The van der Waals surface area contributed by atoms with Crippen LogP contribution in [0.2, 0.25) is 5.02 Å². The topological polar surface area (TPSA) is 63.4 Å². The number of benzene rings is 2. The molecule has 1 saturated heterocycles. The fourth-order valence-electron chi connectivity index (χ4n) is 2.94. The number of rotatable bonds is 5. The normalized spacial score (nSPS) is 16.5. The first kappa shape index (κ1) is 16.5. The van der Waals surface area contributed by atoms with Gasteiger partial charge in [0.05, 0.1) is 11.0 Å². The number of halogens is 1. The van der Waals surface area contributed by atoms with Crippen LogP contribution < -0.4 is 0 Å². The Balaban J connectivity index is 1.60. The first-order chi connectivity index (χ1) is 11.5. The minimum atomic E-state index is -0.419. The van der Waals surface area contributed by atoms with E-state index in [1.165, 1.54) is 12.1 Å². The number of nitro groups is 1. The summed E-state index contributed by atoms with van der Waals surface area (Å²) in [6.07, 6.45) is 1.81. The Kier molecular flexibility index (Phi) is 4.81. The molecule has 5 nitrogen and oxygen atoms in total. The molecule has 6 heteroatoms.